The van der Waals surface area contributed by atoms with Crippen LogP contribution in [0.5, 0.6) is 0 Å². The molecule has 1 aromatic rings. The third-order valence-electron chi connectivity index (χ3n) is 4.29. The molecule has 0 aromatic heterocycles. The van der Waals surface area contributed by atoms with Gasteiger partial charge in [-0.25, -0.2) is 8.42 Å². The second-order valence-corrected chi connectivity index (χ2v) is 9.05. The van der Waals surface area contributed by atoms with E-state index >= 15 is 0 Å². The number of benzene rings is 1. The molecule has 0 bridgehead atoms. The summed E-state index contributed by atoms with van der Waals surface area (Å²) in [5, 5.41) is 2.73. The van der Waals surface area contributed by atoms with Gasteiger partial charge in [-0.15, -0.1) is 0 Å². The Morgan fingerprint density at radius 1 is 1.19 bits per heavy atom. The fourth-order valence-electron chi connectivity index (χ4n) is 2.40. The van der Waals surface area contributed by atoms with Crippen LogP contribution in [-0.4, -0.2) is 31.9 Å². The number of carbonyl (C=O) groups is 1. The molecule has 1 aliphatic carbocycles. The van der Waals surface area contributed by atoms with Crippen molar-refractivity contribution in [3.8, 4) is 0 Å². The fraction of sp³-hybridized carbons (Fsp3) is 0.562. The molecule has 0 unspecified atom stereocenters. The van der Waals surface area contributed by atoms with Gasteiger partial charge < -0.3 is 5.32 Å². The van der Waals surface area contributed by atoms with E-state index in [9.17, 15) is 13.2 Å². The first-order valence-corrected chi connectivity index (χ1v) is 9.19. The molecule has 5 heteroatoms. The predicted molar refractivity (Wildman–Crippen MR) is 84.3 cm³/mol. The van der Waals surface area contributed by atoms with E-state index in [1.165, 1.54) is 30.2 Å². The Bertz CT molecular complexity index is 647. The lowest BCUT2D eigenvalue weighted by Crippen LogP contribution is -2.43. The summed E-state index contributed by atoms with van der Waals surface area (Å²) in [6.45, 7) is 3.35. The van der Waals surface area contributed by atoms with Crippen molar-refractivity contribution < 1.29 is 13.2 Å². The molecule has 1 amide bonds. The van der Waals surface area contributed by atoms with E-state index in [-0.39, 0.29) is 12.5 Å². The van der Waals surface area contributed by atoms with Crippen molar-refractivity contribution in [1.29, 1.82) is 0 Å². The number of hydrogen-bond donors (Lipinski definition) is 1. The first-order chi connectivity index (χ1) is 9.71. The zero-order chi connectivity index (χ0) is 15.7. The zero-order valence-corrected chi connectivity index (χ0v) is 13.7. The van der Waals surface area contributed by atoms with Gasteiger partial charge in [0.05, 0.1) is 4.75 Å². The first kappa shape index (κ1) is 16.0. The average molecular weight is 309 g/mol. The summed E-state index contributed by atoms with van der Waals surface area (Å²) in [5.74, 6) is -0.208. The van der Waals surface area contributed by atoms with E-state index in [4.69, 9.17) is 0 Å². The Labute approximate surface area is 126 Å². The first-order valence-electron chi connectivity index (χ1n) is 7.30. The zero-order valence-electron chi connectivity index (χ0n) is 12.9. The molecule has 0 atom stereocenters. The molecule has 0 aliphatic heterocycles. The molecular formula is C16H23NO3S. The lowest BCUT2D eigenvalue weighted by Gasteiger charge is -2.23. The number of nitrogens with one attached hydrogen (secondary N) is 1. The van der Waals surface area contributed by atoms with E-state index in [2.05, 4.69) is 5.32 Å². The summed E-state index contributed by atoms with van der Waals surface area (Å²) in [6, 6.07) is 5.79. The van der Waals surface area contributed by atoms with Crippen molar-refractivity contribution in [1.82, 2.24) is 5.32 Å². The van der Waals surface area contributed by atoms with Gasteiger partial charge in [-0.3, -0.25) is 4.79 Å². The van der Waals surface area contributed by atoms with Gasteiger partial charge in [-0.2, -0.15) is 0 Å². The molecule has 21 heavy (non-hydrogen) atoms. The molecule has 2 rings (SSSR count). The van der Waals surface area contributed by atoms with Crippen molar-refractivity contribution in [3.63, 3.8) is 0 Å². The van der Waals surface area contributed by atoms with Crippen LogP contribution in [0.1, 0.15) is 48.2 Å². The summed E-state index contributed by atoms with van der Waals surface area (Å²) in [7, 11) is -3.21. The average Bonchev–Trinajstić information content (AvgIpc) is 2.43. The van der Waals surface area contributed by atoms with Gasteiger partial charge in [0, 0.05) is 18.4 Å². The topological polar surface area (TPSA) is 63.2 Å². The smallest absolute Gasteiger partial charge is 0.251 e. The Hall–Kier alpha value is -1.36. The number of aryl methyl sites for hydroxylation is 2. The number of amides is 1. The normalized spacial score (nSPS) is 15.4. The molecule has 1 aliphatic rings. The maximum Gasteiger partial charge on any atom is 0.251 e. The maximum absolute atomic E-state index is 12.2. The van der Waals surface area contributed by atoms with E-state index in [1.54, 1.807) is 13.8 Å². The Kier molecular flexibility index (Phi) is 4.42. The highest BCUT2D eigenvalue weighted by atomic mass is 32.2. The highest BCUT2D eigenvalue weighted by molar-refractivity contribution is 7.92. The molecule has 0 heterocycles. The van der Waals surface area contributed by atoms with E-state index < -0.39 is 14.6 Å². The summed E-state index contributed by atoms with van der Waals surface area (Å²) < 4.78 is 22.3. The van der Waals surface area contributed by atoms with Crippen molar-refractivity contribution in [2.75, 3.05) is 12.8 Å². The van der Waals surface area contributed by atoms with Crippen LogP contribution in [0.25, 0.3) is 0 Å². The highest BCUT2D eigenvalue weighted by Crippen LogP contribution is 2.22. The van der Waals surface area contributed by atoms with Crippen molar-refractivity contribution in [2.45, 2.75) is 44.3 Å². The van der Waals surface area contributed by atoms with Gasteiger partial charge >= 0.3 is 0 Å². The summed E-state index contributed by atoms with van der Waals surface area (Å²) in [6.07, 6.45) is 5.67. The standard InChI is InChI=1S/C16H23NO3S/c1-16(2,21(3,19)20)11-17-15(18)14-9-8-12-6-4-5-7-13(12)10-14/h8-10H,4-7,11H2,1-3H3,(H,17,18). The SMILES string of the molecule is CC(C)(CNC(=O)c1ccc2c(c1)CCCC2)S(C)(=O)=O. The molecule has 1 N–H and O–H groups in total. The van der Waals surface area contributed by atoms with Gasteiger partial charge in [0.25, 0.3) is 5.91 Å². The molecular weight excluding hydrogens is 286 g/mol. The van der Waals surface area contributed by atoms with Gasteiger partial charge in [0.2, 0.25) is 0 Å². The third-order valence-corrected chi connectivity index (χ3v) is 6.44. The quantitative estimate of drug-likeness (QED) is 0.926. The van der Waals surface area contributed by atoms with Gasteiger partial charge in [-0.1, -0.05) is 6.07 Å². The summed E-state index contributed by atoms with van der Waals surface area (Å²) in [5.41, 5.74) is 3.19. The minimum absolute atomic E-state index is 0.113. The van der Waals surface area contributed by atoms with Crippen LogP contribution in [0.15, 0.2) is 18.2 Å². The van der Waals surface area contributed by atoms with Crippen LogP contribution in [0.4, 0.5) is 0 Å². The van der Waals surface area contributed by atoms with E-state index in [0.717, 1.165) is 12.8 Å². The highest BCUT2D eigenvalue weighted by Gasteiger charge is 2.30. The molecule has 116 valence electrons. The van der Waals surface area contributed by atoms with Crippen LogP contribution < -0.4 is 5.32 Å². The van der Waals surface area contributed by atoms with Crippen LogP contribution >= 0.6 is 0 Å². The van der Waals surface area contributed by atoms with Crippen molar-refractivity contribution in [2.24, 2.45) is 0 Å². The largest absolute Gasteiger partial charge is 0.350 e. The molecule has 4 nitrogen and oxygen atoms in total. The number of sulfone groups is 1. The fourth-order valence-corrected chi connectivity index (χ4v) is 2.74. The van der Waals surface area contributed by atoms with Gasteiger partial charge in [0.15, 0.2) is 9.84 Å². The molecule has 0 spiro atoms. The summed E-state index contributed by atoms with van der Waals surface area (Å²) in [4.78, 5) is 12.2. The maximum atomic E-state index is 12.2. The number of rotatable bonds is 4. The summed E-state index contributed by atoms with van der Waals surface area (Å²) >= 11 is 0. The van der Waals surface area contributed by atoms with Gasteiger partial charge in [0.1, 0.15) is 0 Å². The van der Waals surface area contributed by atoms with Crippen LogP contribution in [-0.2, 0) is 22.7 Å². The van der Waals surface area contributed by atoms with Crippen LogP contribution in [0.2, 0.25) is 0 Å². The number of carbonyl (C=O) groups excluding carboxylic acids is 1. The molecule has 0 saturated carbocycles. The molecule has 0 fully saturated rings. The molecule has 0 radical (unpaired) electrons. The van der Waals surface area contributed by atoms with E-state index in [1.807, 2.05) is 18.2 Å². The number of hydrogen-bond acceptors (Lipinski definition) is 3. The lowest BCUT2D eigenvalue weighted by atomic mass is 9.90. The number of fused-ring (bicyclic) bond motifs is 1. The van der Waals surface area contributed by atoms with E-state index in [0.29, 0.717) is 5.56 Å². The third kappa shape index (κ3) is 3.64. The van der Waals surface area contributed by atoms with Crippen LogP contribution in [0, 0.1) is 0 Å². The molecule has 0 saturated heterocycles. The predicted octanol–water partition coefficient (Wildman–Crippen LogP) is 2.12. The van der Waals surface area contributed by atoms with Crippen LogP contribution in [0.3, 0.4) is 0 Å². The Balaban J connectivity index is 2.08. The second-order valence-electron chi connectivity index (χ2n) is 6.41. The minimum atomic E-state index is -3.21. The Morgan fingerprint density at radius 3 is 2.43 bits per heavy atom. The monoisotopic (exact) mass is 309 g/mol. The lowest BCUT2D eigenvalue weighted by molar-refractivity contribution is 0.0950. The Morgan fingerprint density at radius 2 is 1.81 bits per heavy atom. The second kappa shape index (κ2) is 5.79. The van der Waals surface area contributed by atoms with Crippen molar-refractivity contribution in [3.05, 3.63) is 34.9 Å². The molecule has 1 aromatic carbocycles. The van der Waals surface area contributed by atoms with Gasteiger partial charge in [-0.05, 0) is 62.8 Å². The van der Waals surface area contributed by atoms with Crippen molar-refractivity contribution >= 4 is 15.7 Å². The minimum Gasteiger partial charge on any atom is -0.350 e.